The van der Waals surface area contributed by atoms with Crippen molar-refractivity contribution in [3.05, 3.63) is 30.1 Å². The molecule has 0 bridgehead atoms. The highest BCUT2D eigenvalue weighted by Gasteiger charge is 2.28. The fraction of sp³-hybridized carbons (Fsp3) is 0.600. The minimum atomic E-state index is -0.137. The van der Waals surface area contributed by atoms with Gasteiger partial charge in [0.2, 0.25) is 17.6 Å². The average Bonchev–Trinajstić information content (AvgIpc) is 3.20. The second kappa shape index (κ2) is 10.6. The predicted molar refractivity (Wildman–Crippen MR) is 139 cm³/mol. The molecule has 3 aromatic heterocycles. The first kappa shape index (κ1) is 24.2. The zero-order valence-corrected chi connectivity index (χ0v) is 21.1. The van der Waals surface area contributed by atoms with Gasteiger partial charge < -0.3 is 26.1 Å². The molecule has 0 radical (unpaired) electrons. The first-order valence-corrected chi connectivity index (χ1v) is 13.1. The van der Waals surface area contributed by atoms with Gasteiger partial charge in [-0.3, -0.25) is 0 Å². The zero-order valence-electron chi connectivity index (χ0n) is 21.1. The van der Waals surface area contributed by atoms with Crippen LogP contribution >= 0.6 is 0 Å². The van der Waals surface area contributed by atoms with Gasteiger partial charge in [0.25, 0.3) is 0 Å². The standard InChI is InChI=1S/C25H36N10O/c1-15(18-9-6-10-18)29-22-20-23(32-24(31-22)21(26)34-36)33-25(30-16(2)19-11-12-27-14-28-19)35(20)13-17-7-4-3-5-8-17/h11-12,14-18,36H,3-10,13H2,1-2H3,(H2,26,34)(H2,29,30,31,32,33)/t15-,16?/m1/s1. The van der Waals surface area contributed by atoms with E-state index < -0.39 is 0 Å². The number of oxime groups is 1. The van der Waals surface area contributed by atoms with E-state index in [4.69, 9.17) is 15.7 Å². The Hall–Kier alpha value is -3.50. The van der Waals surface area contributed by atoms with Crippen molar-refractivity contribution in [1.29, 1.82) is 0 Å². The van der Waals surface area contributed by atoms with E-state index in [-0.39, 0.29) is 23.7 Å². The van der Waals surface area contributed by atoms with E-state index in [0.29, 0.717) is 29.2 Å². The molecular formula is C25H36N10O. The Kier molecular flexibility index (Phi) is 7.15. The smallest absolute Gasteiger partial charge is 0.208 e. The highest BCUT2D eigenvalue weighted by atomic mass is 16.4. The van der Waals surface area contributed by atoms with Gasteiger partial charge >= 0.3 is 0 Å². The Morgan fingerprint density at radius 1 is 1.11 bits per heavy atom. The lowest BCUT2D eigenvalue weighted by Gasteiger charge is -2.32. The van der Waals surface area contributed by atoms with Gasteiger partial charge in [0.1, 0.15) is 11.8 Å². The van der Waals surface area contributed by atoms with Crippen LogP contribution in [-0.2, 0) is 6.54 Å². The largest absolute Gasteiger partial charge is 0.409 e. The molecule has 3 aromatic rings. The number of fused-ring (bicyclic) bond motifs is 1. The fourth-order valence-corrected chi connectivity index (χ4v) is 5.31. The van der Waals surface area contributed by atoms with Crippen LogP contribution in [0.1, 0.15) is 82.8 Å². The van der Waals surface area contributed by atoms with Gasteiger partial charge in [0.15, 0.2) is 11.5 Å². The fourth-order valence-electron chi connectivity index (χ4n) is 5.31. The molecule has 2 fully saturated rings. The number of imidazole rings is 1. The monoisotopic (exact) mass is 492 g/mol. The van der Waals surface area contributed by atoms with Gasteiger partial charge in [-0.05, 0) is 57.4 Å². The molecule has 0 spiro atoms. The Balaban J connectivity index is 1.59. The number of rotatable bonds is 9. The molecule has 2 atom stereocenters. The van der Waals surface area contributed by atoms with Crippen molar-refractivity contribution in [2.75, 3.05) is 10.6 Å². The molecular weight excluding hydrogens is 456 g/mol. The van der Waals surface area contributed by atoms with Crippen LogP contribution in [0.25, 0.3) is 11.2 Å². The lowest BCUT2D eigenvalue weighted by Crippen LogP contribution is -2.32. The molecule has 2 aliphatic carbocycles. The zero-order chi connectivity index (χ0) is 25.1. The molecule has 3 heterocycles. The third kappa shape index (κ3) is 5.05. The molecule has 11 nitrogen and oxygen atoms in total. The summed E-state index contributed by atoms with van der Waals surface area (Å²) in [6.45, 7) is 5.07. The summed E-state index contributed by atoms with van der Waals surface area (Å²) in [4.78, 5) is 22.6. The number of amidine groups is 1. The maximum atomic E-state index is 9.30. The van der Waals surface area contributed by atoms with Crippen molar-refractivity contribution >= 4 is 28.8 Å². The van der Waals surface area contributed by atoms with Crippen LogP contribution in [0.5, 0.6) is 0 Å². The van der Waals surface area contributed by atoms with Crippen molar-refractivity contribution in [1.82, 2.24) is 29.5 Å². The molecule has 36 heavy (non-hydrogen) atoms. The number of aromatic nitrogens is 6. The first-order valence-electron chi connectivity index (χ1n) is 13.1. The van der Waals surface area contributed by atoms with Crippen molar-refractivity contribution in [3.63, 3.8) is 0 Å². The summed E-state index contributed by atoms with van der Waals surface area (Å²) < 4.78 is 2.22. The van der Waals surface area contributed by atoms with Gasteiger partial charge in [-0.25, -0.2) is 19.9 Å². The van der Waals surface area contributed by atoms with Crippen LogP contribution in [0.3, 0.4) is 0 Å². The minimum Gasteiger partial charge on any atom is -0.409 e. The van der Waals surface area contributed by atoms with Crippen molar-refractivity contribution < 1.29 is 5.21 Å². The average molecular weight is 493 g/mol. The Morgan fingerprint density at radius 3 is 2.58 bits per heavy atom. The molecule has 5 N–H and O–H groups in total. The topological polar surface area (TPSA) is 152 Å². The predicted octanol–water partition coefficient (Wildman–Crippen LogP) is 4.06. The van der Waals surface area contributed by atoms with Gasteiger partial charge in [0, 0.05) is 18.8 Å². The van der Waals surface area contributed by atoms with E-state index in [1.54, 1.807) is 12.5 Å². The molecule has 0 amide bonds. The van der Waals surface area contributed by atoms with E-state index in [2.05, 4.69) is 49.2 Å². The number of hydrogen-bond acceptors (Lipinski definition) is 9. The summed E-state index contributed by atoms with van der Waals surface area (Å²) in [7, 11) is 0. The number of hydrogen-bond donors (Lipinski definition) is 4. The molecule has 0 aliphatic heterocycles. The van der Waals surface area contributed by atoms with Crippen LogP contribution in [0.4, 0.5) is 11.8 Å². The summed E-state index contributed by atoms with van der Waals surface area (Å²) in [5.74, 6) is 2.58. The van der Waals surface area contributed by atoms with Crippen LogP contribution in [-0.4, -0.2) is 46.6 Å². The highest BCUT2D eigenvalue weighted by Crippen LogP contribution is 2.34. The molecule has 2 aliphatic rings. The Labute approximate surface area is 211 Å². The number of anilines is 2. The highest BCUT2D eigenvalue weighted by molar-refractivity contribution is 5.97. The number of nitrogens with one attached hydrogen (secondary N) is 2. The normalized spacial score (nSPS) is 19.1. The van der Waals surface area contributed by atoms with Gasteiger partial charge in [0.05, 0.1) is 11.7 Å². The summed E-state index contributed by atoms with van der Waals surface area (Å²) >= 11 is 0. The quantitative estimate of drug-likeness (QED) is 0.150. The van der Waals surface area contributed by atoms with Crippen molar-refractivity contribution in [2.24, 2.45) is 22.7 Å². The number of nitrogens with zero attached hydrogens (tertiary/aromatic N) is 7. The second-order valence-electron chi connectivity index (χ2n) is 10.2. The molecule has 5 rings (SSSR count). The van der Waals surface area contributed by atoms with E-state index in [1.807, 2.05) is 6.07 Å². The van der Waals surface area contributed by atoms with Crippen molar-refractivity contribution in [3.8, 4) is 0 Å². The van der Waals surface area contributed by atoms with Crippen LogP contribution < -0.4 is 16.4 Å². The molecule has 0 saturated heterocycles. The van der Waals surface area contributed by atoms with Crippen molar-refractivity contribution in [2.45, 2.75) is 83.8 Å². The summed E-state index contributed by atoms with van der Waals surface area (Å²) in [6, 6.07) is 2.05. The van der Waals surface area contributed by atoms with Crippen LogP contribution in [0.2, 0.25) is 0 Å². The summed E-state index contributed by atoms with van der Waals surface area (Å²) in [5.41, 5.74) is 8.16. The number of nitrogens with two attached hydrogens (primary N) is 1. The van der Waals surface area contributed by atoms with E-state index in [9.17, 15) is 5.21 Å². The molecule has 11 heteroatoms. The third-order valence-electron chi connectivity index (χ3n) is 7.72. The lowest BCUT2D eigenvalue weighted by molar-refractivity contribution is 0.285. The van der Waals surface area contributed by atoms with Gasteiger partial charge in [-0.2, -0.15) is 4.98 Å². The van der Waals surface area contributed by atoms with Gasteiger partial charge in [-0.1, -0.05) is 30.8 Å². The second-order valence-corrected chi connectivity index (χ2v) is 10.2. The SMILES string of the molecule is CC(Nc1nc2nc(/C(N)=N/O)nc(N[C@H](C)C3CCC3)c2n1CC1CCCCC1)c1ccncn1. The summed E-state index contributed by atoms with van der Waals surface area (Å²) in [6.07, 6.45) is 13.2. The minimum absolute atomic E-state index is 0.0864. The third-order valence-corrected chi connectivity index (χ3v) is 7.72. The van der Waals surface area contributed by atoms with E-state index in [1.165, 1.54) is 51.4 Å². The van der Waals surface area contributed by atoms with Crippen LogP contribution in [0.15, 0.2) is 23.7 Å². The van der Waals surface area contributed by atoms with Crippen LogP contribution in [0, 0.1) is 11.8 Å². The van der Waals surface area contributed by atoms with Gasteiger partial charge in [-0.15, -0.1) is 0 Å². The molecule has 2 saturated carbocycles. The molecule has 192 valence electrons. The maximum Gasteiger partial charge on any atom is 0.208 e. The van der Waals surface area contributed by atoms with E-state index in [0.717, 1.165) is 17.8 Å². The summed E-state index contributed by atoms with van der Waals surface area (Å²) in [5, 5.41) is 19.6. The molecule has 1 unspecified atom stereocenters. The first-order chi connectivity index (χ1) is 17.5. The van der Waals surface area contributed by atoms with E-state index >= 15 is 0 Å². The Morgan fingerprint density at radius 2 is 1.92 bits per heavy atom. The maximum absolute atomic E-state index is 9.30. The lowest BCUT2D eigenvalue weighted by atomic mass is 9.80. The Bertz CT molecular complexity index is 1200. The molecule has 0 aromatic carbocycles.